The van der Waals surface area contributed by atoms with Gasteiger partial charge in [-0.25, -0.2) is 0 Å². The average Bonchev–Trinajstić information content (AvgIpc) is 2.39. The van der Waals surface area contributed by atoms with Gasteiger partial charge in [0.05, 0.1) is 0 Å². The molecule has 0 N–H and O–H groups in total. The van der Waals surface area contributed by atoms with Gasteiger partial charge in [0.25, 0.3) is 0 Å². The van der Waals surface area contributed by atoms with Gasteiger partial charge in [-0.1, -0.05) is 68.4 Å². The fourth-order valence-corrected chi connectivity index (χ4v) is 2.37. The predicted octanol–water partition coefficient (Wildman–Crippen LogP) is 4.91. The smallest absolute Gasteiger partial charge is 0.0100 e. The Hall–Kier alpha value is -1.56. The highest BCUT2D eigenvalue weighted by atomic mass is 14.2. The van der Waals surface area contributed by atoms with Gasteiger partial charge in [-0.3, -0.25) is 0 Å². The lowest BCUT2D eigenvalue weighted by molar-refractivity contribution is 0.479. The fraction of sp³-hybridized carbons (Fsp3) is 0.333. The van der Waals surface area contributed by atoms with E-state index in [1.165, 1.54) is 23.1 Å². The second-order valence-corrected chi connectivity index (χ2v) is 5.68. The van der Waals surface area contributed by atoms with Gasteiger partial charge in [-0.15, -0.1) is 0 Å². The zero-order valence-corrected chi connectivity index (χ0v) is 11.6. The van der Waals surface area contributed by atoms with E-state index in [0.29, 0.717) is 0 Å². The number of hydrogen-bond acceptors (Lipinski definition) is 0. The Morgan fingerprint density at radius 1 is 0.833 bits per heavy atom. The van der Waals surface area contributed by atoms with Gasteiger partial charge in [0.1, 0.15) is 0 Å². The van der Waals surface area contributed by atoms with Crippen LogP contribution in [0.1, 0.15) is 37.0 Å². The average molecular weight is 238 g/mol. The molecule has 0 saturated carbocycles. The molecule has 0 nitrogen and oxygen atoms in total. The maximum Gasteiger partial charge on any atom is -0.0100 e. The van der Waals surface area contributed by atoms with Gasteiger partial charge >= 0.3 is 0 Å². The maximum atomic E-state index is 2.33. The summed E-state index contributed by atoms with van der Waals surface area (Å²) in [5, 5.41) is 0. The first-order valence-electron chi connectivity index (χ1n) is 6.70. The molecule has 0 heteroatoms. The lowest BCUT2D eigenvalue weighted by Gasteiger charge is -2.25. The number of hydrogen-bond donors (Lipinski definition) is 0. The van der Waals surface area contributed by atoms with Crippen LogP contribution in [-0.2, 0) is 11.8 Å². The number of benzene rings is 2. The van der Waals surface area contributed by atoms with Crippen molar-refractivity contribution in [2.45, 2.75) is 39.0 Å². The normalized spacial score (nSPS) is 11.5. The Morgan fingerprint density at radius 3 is 2.11 bits per heavy atom. The van der Waals surface area contributed by atoms with Gasteiger partial charge in [0.2, 0.25) is 0 Å². The summed E-state index contributed by atoms with van der Waals surface area (Å²) >= 11 is 0. The van der Waals surface area contributed by atoms with Crippen LogP contribution >= 0.6 is 0 Å². The van der Waals surface area contributed by atoms with Crippen LogP contribution in [0.3, 0.4) is 0 Å². The van der Waals surface area contributed by atoms with Crippen molar-refractivity contribution < 1.29 is 0 Å². The van der Waals surface area contributed by atoms with Crippen LogP contribution in [0.2, 0.25) is 0 Å². The summed E-state index contributed by atoms with van der Waals surface area (Å²) in [5.41, 5.74) is 4.55. The van der Waals surface area contributed by atoms with Crippen molar-refractivity contribution in [3.8, 4) is 0 Å². The summed E-state index contributed by atoms with van der Waals surface area (Å²) in [4.78, 5) is 0. The van der Waals surface area contributed by atoms with Gasteiger partial charge in [0, 0.05) is 0 Å². The molecule has 0 unspecified atom stereocenters. The highest BCUT2D eigenvalue weighted by molar-refractivity contribution is 5.28. The van der Waals surface area contributed by atoms with Crippen LogP contribution < -0.4 is 0 Å². The van der Waals surface area contributed by atoms with Gasteiger partial charge < -0.3 is 0 Å². The Morgan fingerprint density at radius 2 is 1.44 bits per heavy atom. The zero-order chi connectivity index (χ0) is 13.0. The lowest BCUT2D eigenvalue weighted by atomic mass is 9.79. The Bertz CT molecular complexity index is 494. The highest BCUT2D eigenvalue weighted by Crippen LogP contribution is 2.28. The van der Waals surface area contributed by atoms with E-state index in [1.54, 1.807) is 0 Å². The molecule has 18 heavy (non-hydrogen) atoms. The summed E-state index contributed by atoms with van der Waals surface area (Å²) in [7, 11) is 0. The minimum Gasteiger partial charge on any atom is -0.0622 e. The third-order valence-electron chi connectivity index (χ3n) is 3.84. The Labute approximate surface area is 111 Å². The van der Waals surface area contributed by atoms with E-state index >= 15 is 0 Å². The van der Waals surface area contributed by atoms with Gasteiger partial charge in [-0.2, -0.15) is 0 Å². The molecular weight excluding hydrogens is 216 g/mol. The van der Waals surface area contributed by atoms with Crippen LogP contribution in [0.4, 0.5) is 0 Å². The standard InChI is InChI=1S/C18H22/c1-15-9-7-8-10-16(15)13-14-18(2,3)17-11-5-4-6-12-17/h4-12H,13-14H2,1-3H3. The minimum absolute atomic E-state index is 0.240. The summed E-state index contributed by atoms with van der Waals surface area (Å²) < 4.78 is 0. The van der Waals surface area contributed by atoms with Crippen LogP contribution in [0.25, 0.3) is 0 Å². The summed E-state index contributed by atoms with van der Waals surface area (Å²) in [6, 6.07) is 19.5. The van der Waals surface area contributed by atoms with E-state index in [1.807, 2.05) is 0 Å². The maximum absolute atomic E-state index is 2.33. The van der Waals surface area contributed by atoms with Crippen molar-refractivity contribution in [2.75, 3.05) is 0 Å². The Balaban J connectivity index is 2.08. The minimum atomic E-state index is 0.240. The number of rotatable bonds is 4. The summed E-state index contributed by atoms with van der Waals surface area (Å²) in [6.45, 7) is 6.87. The second kappa shape index (κ2) is 5.39. The Kier molecular flexibility index (Phi) is 3.86. The molecule has 2 aromatic rings. The fourth-order valence-electron chi connectivity index (χ4n) is 2.37. The summed E-state index contributed by atoms with van der Waals surface area (Å²) in [6.07, 6.45) is 2.33. The van der Waals surface area contributed by atoms with Crippen molar-refractivity contribution in [3.63, 3.8) is 0 Å². The molecule has 0 saturated heterocycles. The van der Waals surface area contributed by atoms with E-state index in [2.05, 4.69) is 75.4 Å². The lowest BCUT2D eigenvalue weighted by Crippen LogP contribution is -2.18. The molecule has 2 rings (SSSR count). The molecule has 0 spiro atoms. The van der Waals surface area contributed by atoms with Crippen molar-refractivity contribution in [1.29, 1.82) is 0 Å². The monoisotopic (exact) mass is 238 g/mol. The van der Waals surface area contributed by atoms with E-state index < -0.39 is 0 Å². The predicted molar refractivity (Wildman–Crippen MR) is 79.0 cm³/mol. The SMILES string of the molecule is Cc1ccccc1CCC(C)(C)c1ccccc1. The summed E-state index contributed by atoms with van der Waals surface area (Å²) in [5.74, 6) is 0. The quantitative estimate of drug-likeness (QED) is 0.710. The highest BCUT2D eigenvalue weighted by Gasteiger charge is 2.19. The molecule has 0 amide bonds. The molecule has 0 aromatic heterocycles. The molecule has 0 aliphatic carbocycles. The van der Waals surface area contributed by atoms with E-state index in [0.717, 1.165) is 6.42 Å². The first kappa shape index (κ1) is 12.9. The zero-order valence-electron chi connectivity index (χ0n) is 11.6. The molecule has 0 aliphatic rings. The third-order valence-corrected chi connectivity index (χ3v) is 3.84. The van der Waals surface area contributed by atoms with Crippen molar-refractivity contribution >= 4 is 0 Å². The second-order valence-electron chi connectivity index (χ2n) is 5.68. The molecule has 2 aromatic carbocycles. The largest absolute Gasteiger partial charge is 0.0622 e. The molecule has 0 fully saturated rings. The molecule has 0 bridgehead atoms. The first-order valence-corrected chi connectivity index (χ1v) is 6.70. The number of aryl methyl sites for hydroxylation is 2. The van der Waals surface area contributed by atoms with Crippen molar-refractivity contribution in [2.24, 2.45) is 0 Å². The van der Waals surface area contributed by atoms with Crippen LogP contribution in [0.5, 0.6) is 0 Å². The van der Waals surface area contributed by atoms with E-state index in [4.69, 9.17) is 0 Å². The van der Waals surface area contributed by atoms with Gasteiger partial charge in [0.15, 0.2) is 0 Å². The van der Waals surface area contributed by atoms with Gasteiger partial charge in [-0.05, 0) is 41.9 Å². The molecular formula is C18H22. The van der Waals surface area contributed by atoms with E-state index in [9.17, 15) is 0 Å². The first-order chi connectivity index (χ1) is 8.59. The van der Waals surface area contributed by atoms with Crippen LogP contribution in [0, 0.1) is 6.92 Å². The molecule has 0 heterocycles. The third kappa shape index (κ3) is 3.01. The molecule has 0 aliphatic heterocycles. The van der Waals surface area contributed by atoms with Crippen molar-refractivity contribution in [1.82, 2.24) is 0 Å². The topological polar surface area (TPSA) is 0 Å². The molecule has 94 valence electrons. The van der Waals surface area contributed by atoms with Crippen LogP contribution in [0.15, 0.2) is 54.6 Å². The molecule has 0 atom stereocenters. The molecule has 0 radical (unpaired) electrons. The van der Waals surface area contributed by atoms with E-state index in [-0.39, 0.29) is 5.41 Å². The van der Waals surface area contributed by atoms with Crippen molar-refractivity contribution in [3.05, 3.63) is 71.3 Å². The van der Waals surface area contributed by atoms with Crippen LogP contribution in [-0.4, -0.2) is 0 Å².